The van der Waals surface area contributed by atoms with Crippen LogP contribution in [0.1, 0.15) is 31.7 Å². The SMILES string of the molecule is CC1(Cc2ccc(F)cc2)NC(=O)N(OCC2CCC2)C1=O. The quantitative estimate of drug-likeness (QED) is 0.850. The van der Waals surface area contributed by atoms with Crippen LogP contribution in [0.5, 0.6) is 0 Å². The lowest BCUT2D eigenvalue weighted by Gasteiger charge is -2.26. The van der Waals surface area contributed by atoms with Crippen molar-refractivity contribution >= 4 is 11.9 Å². The van der Waals surface area contributed by atoms with Gasteiger partial charge in [-0.25, -0.2) is 9.18 Å². The molecule has 2 fully saturated rings. The topological polar surface area (TPSA) is 58.6 Å². The van der Waals surface area contributed by atoms with E-state index in [-0.39, 0.29) is 5.82 Å². The Hall–Kier alpha value is -1.95. The van der Waals surface area contributed by atoms with E-state index < -0.39 is 17.5 Å². The van der Waals surface area contributed by atoms with E-state index >= 15 is 0 Å². The predicted octanol–water partition coefficient (Wildman–Crippen LogP) is 2.41. The number of nitrogens with zero attached hydrogens (tertiary/aromatic N) is 1. The zero-order valence-electron chi connectivity index (χ0n) is 12.5. The molecule has 1 aliphatic carbocycles. The summed E-state index contributed by atoms with van der Waals surface area (Å²) < 4.78 is 12.9. The fraction of sp³-hybridized carbons (Fsp3) is 0.500. The fourth-order valence-electron chi connectivity index (χ4n) is 2.74. The van der Waals surface area contributed by atoms with E-state index in [9.17, 15) is 14.0 Å². The summed E-state index contributed by atoms with van der Waals surface area (Å²) >= 11 is 0. The maximum absolute atomic E-state index is 12.9. The monoisotopic (exact) mass is 306 g/mol. The van der Waals surface area contributed by atoms with Crippen LogP contribution in [0.2, 0.25) is 0 Å². The molecule has 0 radical (unpaired) electrons. The minimum atomic E-state index is -1.06. The molecule has 0 spiro atoms. The molecule has 1 unspecified atom stereocenters. The van der Waals surface area contributed by atoms with Crippen molar-refractivity contribution in [3.63, 3.8) is 0 Å². The molecule has 5 nitrogen and oxygen atoms in total. The average molecular weight is 306 g/mol. The lowest BCUT2D eigenvalue weighted by atomic mass is 9.86. The number of benzene rings is 1. The number of carbonyl (C=O) groups excluding carboxylic acids is 2. The van der Waals surface area contributed by atoms with Crippen molar-refractivity contribution in [3.05, 3.63) is 35.6 Å². The first kappa shape index (κ1) is 15.0. The number of hydroxylamine groups is 2. The number of urea groups is 1. The number of amides is 3. The molecule has 2 aliphatic rings. The lowest BCUT2D eigenvalue weighted by molar-refractivity contribution is -0.171. The number of halogens is 1. The highest BCUT2D eigenvalue weighted by Gasteiger charge is 2.49. The highest BCUT2D eigenvalue weighted by Crippen LogP contribution is 2.28. The fourth-order valence-corrected chi connectivity index (χ4v) is 2.74. The largest absolute Gasteiger partial charge is 0.349 e. The Balaban J connectivity index is 1.66. The van der Waals surface area contributed by atoms with Gasteiger partial charge in [0, 0.05) is 6.42 Å². The summed E-state index contributed by atoms with van der Waals surface area (Å²) in [6.07, 6.45) is 3.63. The van der Waals surface area contributed by atoms with Gasteiger partial charge in [0.25, 0.3) is 5.91 Å². The van der Waals surface area contributed by atoms with E-state index in [0.29, 0.717) is 18.9 Å². The molecule has 1 heterocycles. The molecule has 118 valence electrons. The normalized spacial score (nSPS) is 25.3. The molecule has 6 heteroatoms. The maximum atomic E-state index is 12.9. The number of hydrogen-bond acceptors (Lipinski definition) is 3. The van der Waals surface area contributed by atoms with Gasteiger partial charge in [-0.05, 0) is 43.4 Å². The van der Waals surface area contributed by atoms with Crippen LogP contribution in [0, 0.1) is 11.7 Å². The first-order chi connectivity index (χ1) is 10.5. The minimum absolute atomic E-state index is 0.293. The van der Waals surface area contributed by atoms with Gasteiger partial charge in [0.2, 0.25) is 0 Å². The van der Waals surface area contributed by atoms with E-state index in [2.05, 4.69) is 5.32 Å². The maximum Gasteiger partial charge on any atom is 0.349 e. The summed E-state index contributed by atoms with van der Waals surface area (Å²) in [5.74, 6) is -0.299. The predicted molar refractivity (Wildman–Crippen MR) is 77.2 cm³/mol. The number of imide groups is 1. The molecule has 1 atom stereocenters. The molecule has 1 aromatic rings. The van der Waals surface area contributed by atoms with E-state index in [1.165, 1.54) is 18.6 Å². The molecular weight excluding hydrogens is 287 g/mol. The number of hydrogen-bond donors (Lipinski definition) is 1. The van der Waals surface area contributed by atoms with Crippen molar-refractivity contribution < 1.29 is 18.8 Å². The van der Waals surface area contributed by atoms with Gasteiger partial charge >= 0.3 is 6.03 Å². The first-order valence-corrected chi connectivity index (χ1v) is 7.52. The third-order valence-corrected chi connectivity index (χ3v) is 4.36. The molecule has 1 N–H and O–H groups in total. The molecule has 22 heavy (non-hydrogen) atoms. The molecule has 1 saturated heterocycles. The van der Waals surface area contributed by atoms with E-state index in [4.69, 9.17) is 4.84 Å². The summed E-state index contributed by atoms with van der Waals surface area (Å²) in [5.41, 5.74) is -0.285. The van der Waals surface area contributed by atoms with Gasteiger partial charge in [0.1, 0.15) is 11.4 Å². The smallest absolute Gasteiger partial charge is 0.321 e. The van der Waals surface area contributed by atoms with Crippen molar-refractivity contribution in [3.8, 4) is 0 Å². The average Bonchev–Trinajstić information content (AvgIpc) is 2.63. The summed E-state index contributed by atoms with van der Waals surface area (Å²) in [5, 5.41) is 3.51. The van der Waals surface area contributed by atoms with Gasteiger partial charge in [-0.1, -0.05) is 18.6 Å². The first-order valence-electron chi connectivity index (χ1n) is 7.52. The molecular formula is C16H19FN2O3. The van der Waals surface area contributed by atoms with Gasteiger partial charge in [-0.2, -0.15) is 0 Å². The van der Waals surface area contributed by atoms with Crippen LogP contribution in [0.15, 0.2) is 24.3 Å². The Labute approximate surface area is 128 Å². The van der Waals surface area contributed by atoms with E-state index in [1.54, 1.807) is 19.1 Å². The molecule has 1 saturated carbocycles. The Morgan fingerprint density at radius 3 is 2.59 bits per heavy atom. The molecule has 3 amide bonds. The Morgan fingerprint density at radius 2 is 2.00 bits per heavy atom. The molecule has 3 rings (SSSR count). The highest BCUT2D eigenvalue weighted by molar-refractivity contribution is 6.05. The van der Waals surface area contributed by atoms with Gasteiger partial charge in [0.15, 0.2) is 0 Å². The van der Waals surface area contributed by atoms with Crippen LogP contribution in [0.25, 0.3) is 0 Å². The van der Waals surface area contributed by atoms with Gasteiger partial charge in [0.05, 0.1) is 6.61 Å². The van der Waals surface area contributed by atoms with Crippen molar-refractivity contribution in [1.82, 2.24) is 10.4 Å². The van der Waals surface area contributed by atoms with Crippen molar-refractivity contribution in [2.45, 2.75) is 38.1 Å². The van der Waals surface area contributed by atoms with Crippen LogP contribution in [0.4, 0.5) is 9.18 Å². The zero-order valence-corrected chi connectivity index (χ0v) is 12.5. The van der Waals surface area contributed by atoms with Crippen LogP contribution >= 0.6 is 0 Å². The third-order valence-electron chi connectivity index (χ3n) is 4.36. The van der Waals surface area contributed by atoms with Crippen LogP contribution < -0.4 is 5.32 Å². The second-order valence-corrected chi connectivity index (χ2v) is 6.26. The van der Waals surface area contributed by atoms with E-state index in [0.717, 1.165) is 23.5 Å². The highest BCUT2D eigenvalue weighted by atomic mass is 19.1. The van der Waals surface area contributed by atoms with E-state index in [1.807, 2.05) is 0 Å². The Bertz CT molecular complexity index is 586. The standard InChI is InChI=1S/C16H19FN2O3/c1-16(9-11-5-7-13(17)8-6-11)14(20)19(15(21)18-16)22-10-12-3-2-4-12/h5-8,12H,2-4,9-10H2,1H3,(H,18,21). The van der Waals surface area contributed by atoms with Crippen LogP contribution in [0.3, 0.4) is 0 Å². The number of carbonyl (C=O) groups is 2. The number of rotatable bonds is 5. The Morgan fingerprint density at radius 1 is 1.32 bits per heavy atom. The summed E-state index contributed by atoms with van der Waals surface area (Å²) in [6, 6.07) is 5.36. The van der Waals surface area contributed by atoms with Gasteiger partial charge < -0.3 is 5.32 Å². The molecule has 0 aromatic heterocycles. The molecule has 0 bridgehead atoms. The minimum Gasteiger partial charge on any atom is -0.321 e. The third kappa shape index (κ3) is 2.83. The zero-order chi connectivity index (χ0) is 15.7. The van der Waals surface area contributed by atoms with Crippen LogP contribution in [-0.4, -0.2) is 29.1 Å². The summed E-state index contributed by atoms with van der Waals surface area (Å²) in [7, 11) is 0. The second kappa shape index (κ2) is 5.68. The molecule has 1 aliphatic heterocycles. The summed E-state index contributed by atoms with van der Waals surface area (Å²) in [4.78, 5) is 29.8. The number of nitrogens with one attached hydrogen (secondary N) is 1. The lowest BCUT2D eigenvalue weighted by Crippen LogP contribution is -2.46. The molecule has 1 aromatic carbocycles. The van der Waals surface area contributed by atoms with Crippen LogP contribution in [-0.2, 0) is 16.1 Å². The Kier molecular flexibility index (Phi) is 3.87. The van der Waals surface area contributed by atoms with Crippen molar-refractivity contribution in [2.75, 3.05) is 6.61 Å². The second-order valence-electron chi connectivity index (χ2n) is 6.26. The van der Waals surface area contributed by atoms with Crippen molar-refractivity contribution in [2.24, 2.45) is 5.92 Å². The van der Waals surface area contributed by atoms with Crippen molar-refractivity contribution in [1.29, 1.82) is 0 Å². The van der Waals surface area contributed by atoms with Gasteiger partial charge in [-0.3, -0.25) is 9.63 Å². The summed E-state index contributed by atoms with van der Waals surface area (Å²) in [6.45, 7) is 2.05. The van der Waals surface area contributed by atoms with Gasteiger partial charge in [-0.15, -0.1) is 5.06 Å².